The Morgan fingerprint density at radius 2 is 2.00 bits per heavy atom. The third-order valence-corrected chi connectivity index (χ3v) is 4.17. The third-order valence-electron chi connectivity index (χ3n) is 4.17. The maximum atomic E-state index is 11.6. The van der Waals surface area contributed by atoms with Crippen LogP contribution in [0.2, 0.25) is 0 Å². The highest BCUT2D eigenvalue weighted by Gasteiger charge is 2.51. The van der Waals surface area contributed by atoms with Crippen molar-refractivity contribution in [2.75, 3.05) is 0 Å². The van der Waals surface area contributed by atoms with Crippen molar-refractivity contribution in [3.63, 3.8) is 0 Å². The lowest BCUT2D eigenvalue weighted by Gasteiger charge is -2.40. The van der Waals surface area contributed by atoms with Crippen molar-refractivity contribution in [1.29, 1.82) is 0 Å². The monoisotopic (exact) mass is 150 g/mol. The highest BCUT2D eigenvalue weighted by atomic mass is 16.1. The van der Waals surface area contributed by atoms with Crippen LogP contribution in [0.5, 0.6) is 0 Å². The van der Waals surface area contributed by atoms with E-state index in [9.17, 15) is 4.79 Å². The summed E-state index contributed by atoms with van der Waals surface area (Å²) in [5.74, 6) is 3.43. The number of rotatable bonds is 0. The standard InChI is InChI=1S/C10H14O/c11-10-7-2-3-8-6(5-7)1-4-9(8)10/h6-9H,1-5H2/t6-,7-,8+,9-/m1/s1. The zero-order valence-corrected chi connectivity index (χ0v) is 6.75. The van der Waals surface area contributed by atoms with E-state index >= 15 is 0 Å². The quantitative estimate of drug-likeness (QED) is 0.516. The molecule has 0 N–H and O–H groups in total. The van der Waals surface area contributed by atoms with Crippen molar-refractivity contribution in [2.45, 2.75) is 32.1 Å². The van der Waals surface area contributed by atoms with Gasteiger partial charge in [0.25, 0.3) is 0 Å². The molecule has 0 aromatic rings. The van der Waals surface area contributed by atoms with Crippen molar-refractivity contribution < 1.29 is 4.79 Å². The number of hydrogen-bond acceptors (Lipinski definition) is 1. The van der Waals surface area contributed by atoms with Gasteiger partial charge in [0, 0.05) is 11.8 Å². The molecule has 60 valence electrons. The fourth-order valence-electron chi connectivity index (χ4n) is 3.67. The van der Waals surface area contributed by atoms with Gasteiger partial charge in [-0.3, -0.25) is 4.79 Å². The maximum Gasteiger partial charge on any atom is 0.139 e. The van der Waals surface area contributed by atoms with Crippen molar-refractivity contribution in [1.82, 2.24) is 0 Å². The molecule has 4 atom stereocenters. The SMILES string of the molecule is O=C1[C@@H]2CC[C@H]3[C@H](CC[C@@H]13)C2. The van der Waals surface area contributed by atoms with Gasteiger partial charge in [-0.15, -0.1) is 0 Å². The molecule has 0 aromatic carbocycles. The number of hydrogen-bond donors (Lipinski definition) is 0. The summed E-state index contributed by atoms with van der Waals surface area (Å²) in [5, 5.41) is 0. The van der Waals surface area contributed by atoms with E-state index in [-0.39, 0.29) is 0 Å². The smallest absolute Gasteiger partial charge is 0.139 e. The van der Waals surface area contributed by atoms with E-state index in [0.717, 1.165) is 11.8 Å². The highest BCUT2D eigenvalue weighted by molar-refractivity contribution is 5.85. The molecule has 11 heavy (non-hydrogen) atoms. The molecule has 0 saturated heterocycles. The first-order valence-corrected chi connectivity index (χ1v) is 4.90. The Hall–Kier alpha value is -0.330. The largest absolute Gasteiger partial charge is 0.299 e. The second-order valence-corrected chi connectivity index (χ2v) is 4.52. The molecule has 4 fully saturated rings. The molecule has 0 radical (unpaired) electrons. The Balaban J connectivity index is 2.02. The molecule has 4 saturated carbocycles. The molecule has 4 aliphatic rings. The van der Waals surface area contributed by atoms with Gasteiger partial charge in [0.05, 0.1) is 0 Å². The van der Waals surface area contributed by atoms with Crippen LogP contribution in [0.3, 0.4) is 0 Å². The van der Waals surface area contributed by atoms with E-state index in [4.69, 9.17) is 0 Å². The first kappa shape index (κ1) is 6.22. The van der Waals surface area contributed by atoms with Crippen LogP contribution in [0.1, 0.15) is 32.1 Å². The molecule has 1 nitrogen and oxygen atoms in total. The lowest BCUT2D eigenvalue weighted by atomic mass is 9.63. The number of ketones is 1. The molecule has 4 aliphatic carbocycles. The van der Waals surface area contributed by atoms with E-state index in [2.05, 4.69) is 0 Å². The van der Waals surface area contributed by atoms with Gasteiger partial charge in [-0.05, 0) is 43.9 Å². The number of Topliss-reactive ketones (excluding diaryl/α,β-unsaturated/α-hetero) is 1. The Labute approximate surface area is 67.2 Å². The van der Waals surface area contributed by atoms with Gasteiger partial charge in [0.15, 0.2) is 0 Å². The van der Waals surface area contributed by atoms with Crippen molar-refractivity contribution >= 4 is 5.78 Å². The summed E-state index contributed by atoms with van der Waals surface area (Å²) in [4.78, 5) is 11.6. The molecule has 4 bridgehead atoms. The number of carbonyl (C=O) groups is 1. The van der Waals surface area contributed by atoms with Crippen molar-refractivity contribution in [3.8, 4) is 0 Å². The van der Waals surface area contributed by atoms with Crippen LogP contribution in [-0.2, 0) is 4.79 Å². The van der Waals surface area contributed by atoms with Crippen LogP contribution < -0.4 is 0 Å². The molecule has 0 aromatic heterocycles. The van der Waals surface area contributed by atoms with Crippen molar-refractivity contribution in [3.05, 3.63) is 0 Å². The van der Waals surface area contributed by atoms with Gasteiger partial charge in [-0.25, -0.2) is 0 Å². The Bertz CT molecular complexity index is 209. The normalized spacial score (nSPS) is 53.6. The Morgan fingerprint density at radius 1 is 1.09 bits per heavy atom. The van der Waals surface area contributed by atoms with Gasteiger partial charge >= 0.3 is 0 Å². The predicted octanol–water partition coefficient (Wildman–Crippen LogP) is 2.01. The van der Waals surface area contributed by atoms with Crippen LogP contribution in [0.4, 0.5) is 0 Å². The van der Waals surface area contributed by atoms with Crippen LogP contribution in [0, 0.1) is 23.7 Å². The van der Waals surface area contributed by atoms with E-state index < -0.39 is 0 Å². The molecule has 1 heteroatoms. The van der Waals surface area contributed by atoms with E-state index in [1.54, 1.807) is 0 Å². The number of carbonyl (C=O) groups excluding carboxylic acids is 1. The molecular weight excluding hydrogens is 136 g/mol. The lowest BCUT2D eigenvalue weighted by Crippen LogP contribution is -2.40. The Kier molecular flexibility index (Phi) is 1.06. The third kappa shape index (κ3) is 0.646. The van der Waals surface area contributed by atoms with Crippen LogP contribution in [-0.4, -0.2) is 5.78 Å². The van der Waals surface area contributed by atoms with E-state index in [1.807, 2.05) is 0 Å². The molecular formula is C10H14O. The van der Waals surface area contributed by atoms with E-state index in [0.29, 0.717) is 17.6 Å². The Morgan fingerprint density at radius 3 is 2.82 bits per heavy atom. The van der Waals surface area contributed by atoms with Gasteiger partial charge in [-0.2, -0.15) is 0 Å². The summed E-state index contributed by atoms with van der Waals surface area (Å²) in [6, 6.07) is 0. The molecule has 0 spiro atoms. The topological polar surface area (TPSA) is 17.1 Å². The minimum absolute atomic E-state index is 0.498. The summed E-state index contributed by atoms with van der Waals surface area (Å²) in [5.41, 5.74) is 0. The van der Waals surface area contributed by atoms with Gasteiger partial charge < -0.3 is 0 Å². The highest BCUT2D eigenvalue weighted by Crippen LogP contribution is 2.54. The summed E-state index contributed by atoms with van der Waals surface area (Å²) >= 11 is 0. The first-order chi connectivity index (χ1) is 5.36. The molecule has 0 amide bonds. The zero-order valence-electron chi connectivity index (χ0n) is 6.75. The van der Waals surface area contributed by atoms with Gasteiger partial charge in [0.2, 0.25) is 0 Å². The summed E-state index contributed by atoms with van der Waals surface area (Å²) in [7, 11) is 0. The van der Waals surface area contributed by atoms with Crippen LogP contribution in [0.25, 0.3) is 0 Å². The molecule has 0 aliphatic heterocycles. The fraction of sp³-hybridized carbons (Fsp3) is 0.900. The average molecular weight is 150 g/mol. The first-order valence-electron chi connectivity index (χ1n) is 4.90. The van der Waals surface area contributed by atoms with Crippen LogP contribution >= 0.6 is 0 Å². The molecule has 0 heterocycles. The second kappa shape index (κ2) is 1.88. The summed E-state index contributed by atoms with van der Waals surface area (Å²) in [6.07, 6.45) is 6.42. The second-order valence-electron chi connectivity index (χ2n) is 4.52. The van der Waals surface area contributed by atoms with Crippen molar-refractivity contribution in [2.24, 2.45) is 23.7 Å². The summed E-state index contributed by atoms with van der Waals surface area (Å²) < 4.78 is 0. The maximum absolute atomic E-state index is 11.6. The summed E-state index contributed by atoms with van der Waals surface area (Å²) in [6.45, 7) is 0. The van der Waals surface area contributed by atoms with Gasteiger partial charge in [-0.1, -0.05) is 0 Å². The zero-order chi connectivity index (χ0) is 7.42. The van der Waals surface area contributed by atoms with Gasteiger partial charge in [0.1, 0.15) is 5.78 Å². The van der Waals surface area contributed by atoms with Crippen LogP contribution in [0.15, 0.2) is 0 Å². The van der Waals surface area contributed by atoms with E-state index in [1.165, 1.54) is 32.1 Å². The predicted molar refractivity (Wildman–Crippen MR) is 42.1 cm³/mol. The fourth-order valence-corrected chi connectivity index (χ4v) is 3.67. The lowest BCUT2D eigenvalue weighted by molar-refractivity contribution is -0.135. The number of fused-ring (bicyclic) bond motifs is 1. The molecule has 4 rings (SSSR count). The average Bonchev–Trinajstić information content (AvgIpc) is 2.39. The minimum Gasteiger partial charge on any atom is -0.299 e. The minimum atomic E-state index is 0.498. The molecule has 0 unspecified atom stereocenters.